The molecule has 0 bridgehead atoms. The van der Waals surface area contributed by atoms with Crippen LogP contribution in [0.1, 0.15) is 12.0 Å². The van der Waals surface area contributed by atoms with Crippen molar-refractivity contribution in [3.63, 3.8) is 0 Å². The van der Waals surface area contributed by atoms with E-state index in [0.717, 1.165) is 18.6 Å². The normalized spacial score (nSPS) is 9.69. The molecule has 0 aromatic heterocycles. The fraction of sp³-hybridized carbons (Fsp3) is 0.273. The van der Waals surface area contributed by atoms with Crippen molar-refractivity contribution in [1.82, 2.24) is 0 Å². The van der Waals surface area contributed by atoms with E-state index in [-0.39, 0.29) is 0 Å². The summed E-state index contributed by atoms with van der Waals surface area (Å²) in [5.74, 6) is 0.917. The topological polar surface area (TPSA) is 9.23 Å². The van der Waals surface area contributed by atoms with Crippen LogP contribution < -0.4 is 4.74 Å². The van der Waals surface area contributed by atoms with E-state index in [9.17, 15) is 0 Å². The van der Waals surface area contributed by atoms with Gasteiger partial charge < -0.3 is 4.74 Å². The van der Waals surface area contributed by atoms with Crippen molar-refractivity contribution >= 4 is 11.6 Å². The smallest absolute Gasteiger partial charge is 0.122 e. The van der Waals surface area contributed by atoms with Crippen molar-refractivity contribution in [2.45, 2.75) is 12.8 Å². The average Bonchev–Trinajstić information content (AvgIpc) is 2.15. The van der Waals surface area contributed by atoms with Crippen molar-refractivity contribution in [2.75, 3.05) is 7.11 Å². The molecule has 1 rings (SSSR count). The van der Waals surface area contributed by atoms with E-state index in [1.165, 1.54) is 5.56 Å². The van der Waals surface area contributed by atoms with Gasteiger partial charge in [0.1, 0.15) is 5.75 Å². The predicted octanol–water partition coefficient (Wildman–Crippen LogP) is 3.38. The third-order valence-corrected chi connectivity index (χ3v) is 2.05. The second kappa shape index (κ2) is 4.93. The van der Waals surface area contributed by atoms with E-state index in [0.29, 0.717) is 5.03 Å². The second-order valence-electron chi connectivity index (χ2n) is 2.83. The highest BCUT2D eigenvalue weighted by Crippen LogP contribution is 2.20. The van der Waals surface area contributed by atoms with E-state index in [2.05, 4.69) is 6.58 Å². The van der Waals surface area contributed by atoms with Gasteiger partial charge in [0.05, 0.1) is 7.11 Å². The molecule has 2 heteroatoms. The van der Waals surface area contributed by atoms with E-state index in [4.69, 9.17) is 16.3 Å². The summed E-state index contributed by atoms with van der Waals surface area (Å²) in [6, 6.07) is 7.94. The first-order chi connectivity index (χ1) is 6.24. The van der Waals surface area contributed by atoms with Crippen LogP contribution in [0, 0.1) is 0 Å². The van der Waals surface area contributed by atoms with Crippen molar-refractivity contribution in [3.8, 4) is 5.75 Å². The largest absolute Gasteiger partial charge is 0.496 e. The molecule has 0 heterocycles. The fourth-order valence-electron chi connectivity index (χ4n) is 1.18. The molecule has 0 unspecified atom stereocenters. The predicted molar refractivity (Wildman–Crippen MR) is 56.3 cm³/mol. The van der Waals surface area contributed by atoms with Crippen LogP contribution in [-0.4, -0.2) is 7.11 Å². The summed E-state index contributed by atoms with van der Waals surface area (Å²) in [5.41, 5.74) is 1.17. The summed E-state index contributed by atoms with van der Waals surface area (Å²) < 4.78 is 5.20. The standard InChI is InChI=1S/C11H13ClO/c1-9(12)7-8-10-5-3-4-6-11(10)13-2/h3-6H,1,7-8H2,2H3. The van der Waals surface area contributed by atoms with Crippen LogP contribution in [0.15, 0.2) is 35.9 Å². The molecule has 0 fully saturated rings. The lowest BCUT2D eigenvalue weighted by atomic mass is 10.1. The lowest BCUT2D eigenvalue weighted by molar-refractivity contribution is 0.409. The van der Waals surface area contributed by atoms with Gasteiger partial charge in [0.2, 0.25) is 0 Å². The molecule has 0 aliphatic rings. The summed E-state index contributed by atoms with van der Waals surface area (Å²) in [6.45, 7) is 3.65. The SMILES string of the molecule is C=C(Cl)CCc1ccccc1OC. The molecule has 0 aliphatic carbocycles. The number of halogens is 1. The van der Waals surface area contributed by atoms with Crippen LogP contribution in [0.25, 0.3) is 0 Å². The number of benzene rings is 1. The molecule has 0 aliphatic heterocycles. The number of allylic oxidation sites excluding steroid dienone is 1. The Kier molecular flexibility index (Phi) is 3.84. The molecule has 1 aromatic rings. The Morgan fingerprint density at radius 3 is 2.77 bits per heavy atom. The van der Waals surface area contributed by atoms with E-state index in [1.807, 2.05) is 24.3 Å². The Bertz CT molecular complexity index is 294. The van der Waals surface area contributed by atoms with Gasteiger partial charge >= 0.3 is 0 Å². The first-order valence-electron chi connectivity index (χ1n) is 4.19. The van der Waals surface area contributed by atoms with Gasteiger partial charge in [-0.1, -0.05) is 36.4 Å². The van der Waals surface area contributed by atoms with Gasteiger partial charge in [0.25, 0.3) is 0 Å². The minimum absolute atomic E-state index is 0.686. The summed E-state index contributed by atoms with van der Waals surface area (Å²) in [4.78, 5) is 0. The number of hydrogen-bond donors (Lipinski definition) is 0. The summed E-state index contributed by atoms with van der Waals surface area (Å²) in [6.07, 6.45) is 1.67. The Morgan fingerprint density at radius 2 is 2.15 bits per heavy atom. The number of aryl methyl sites for hydroxylation is 1. The van der Waals surface area contributed by atoms with Crippen LogP contribution in [0.5, 0.6) is 5.75 Å². The van der Waals surface area contributed by atoms with Crippen molar-refractivity contribution in [1.29, 1.82) is 0 Å². The number of hydrogen-bond acceptors (Lipinski definition) is 1. The second-order valence-corrected chi connectivity index (χ2v) is 3.36. The minimum atomic E-state index is 0.686. The average molecular weight is 197 g/mol. The molecular weight excluding hydrogens is 184 g/mol. The van der Waals surface area contributed by atoms with Crippen LogP contribution >= 0.6 is 11.6 Å². The molecule has 0 amide bonds. The highest BCUT2D eigenvalue weighted by atomic mass is 35.5. The van der Waals surface area contributed by atoms with E-state index in [1.54, 1.807) is 7.11 Å². The Morgan fingerprint density at radius 1 is 1.46 bits per heavy atom. The summed E-state index contributed by atoms with van der Waals surface area (Å²) in [7, 11) is 1.67. The first-order valence-corrected chi connectivity index (χ1v) is 4.57. The summed E-state index contributed by atoms with van der Waals surface area (Å²) in [5, 5.41) is 0.686. The highest BCUT2D eigenvalue weighted by Gasteiger charge is 2.00. The van der Waals surface area contributed by atoms with Gasteiger partial charge in [-0.2, -0.15) is 0 Å². The van der Waals surface area contributed by atoms with E-state index >= 15 is 0 Å². The number of ether oxygens (including phenoxy) is 1. The molecule has 1 aromatic carbocycles. The van der Waals surface area contributed by atoms with Gasteiger partial charge in [-0.05, 0) is 24.5 Å². The monoisotopic (exact) mass is 196 g/mol. The lowest BCUT2D eigenvalue weighted by Crippen LogP contribution is -1.91. The zero-order valence-electron chi connectivity index (χ0n) is 7.72. The molecule has 1 nitrogen and oxygen atoms in total. The van der Waals surface area contributed by atoms with Crippen molar-refractivity contribution < 1.29 is 4.74 Å². The van der Waals surface area contributed by atoms with Gasteiger partial charge in [0.15, 0.2) is 0 Å². The van der Waals surface area contributed by atoms with Gasteiger partial charge in [-0.3, -0.25) is 0 Å². The number of methoxy groups -OCH3 is 1. The molecule has 0 saturated heterocycles. The molecule has 0 spiro atoms. The molecule has 0 saturated carbocycles. The highest BCUT2D eigenvalue weighted by molar-refractivity contribution is 6.29. The van der Waals surface area contributed by atoms with E-state index < -0.39 is 0 Å². The van der Waals surface area contributed by atoms with Crippen LogP contribution in [0.4, 0.5) is 0 Å². The Balaban J connectivity index is 2.69. The maximum Gasteiger partial charge on any atom is 0.122 e. The van der Waals surface area contributed by atoms with Gasteiger partial charge in [-0.25, -0.2) is 0 Å². The van der Waals surface area contributed by atoms with Gasteiger partial charge in [0, 0.05) is 5.03 Å². The Hall–Kier alpha value is -0.950. The molecule has 0 radical (unpaired) electrons. The maximum absolute atomic E-state index is 5.69. The summed E-state index contributed by atoms with van der Waals surface area (Å²) >= 11 is 5.69. The molecule has 70 valence electrons. The van der Waals surface area contributed by atoms with Crippen LogP contribution in [0.2, 0.25) is 0 Å². The Labute approximate surface area is 84.0 Å². The zero-order chi connectivity index (χ0) is 9.68. The quantitative estimate of drug-likeness (QED) is 0.718. The molecule has 0 atom stereocenters. The lowest BCUT2D eigenvalue weighted by Gasteiger charge is -2.06. The third kappa shape index (κ3) is 3.11. The first kappa shape index (κ1) is 10.1. The molecular formula is C11H13ClO. The van der Waals surface area contributed by atoms with Crippen molar-refractivity contribution in [2.24, 2.45) is 0 Å². The number of rotatable bonds is 4. The van der Waals surface area contributed by atoms with Crippen LogP contribution in [-0.2, 0) is 6.42 Å². The fourth-order valence-corrected chi connectivity index (χ4v) is 1.27. The minimum Gasteiger partial charge on any atom is -0.496 e. The maximum atomic E-state index is 5.69. The third-order valence-electron chi connectivity index (χ3n) is 1.86. The zero-order valence-corrected chi connectivity index (χ0v) is 8.47. The molecule has 13 heavy (non-hydrogen) atoms. The molecule has 0 N–H and O–H groups in total. The van der Waals surface area contributed by atoms with Crippen LogP contribution in [0.3, 0.4) is 0 Å². The van der Waals surface area contributed by atoms with Crippen molar-refractivity contribution in [3.05, 3.63) is 41.4 Å². The van der Waals surface area contributed by atoms with Gasteiger partial charge in [-0.15, -0.1) is 0 Å². The number of para-hydroxylation sites is 1.